The first kappa shape index (κ1) is 9.67. The van der Waals surface area contributed by atoms with Crippen LogP contribution in [0.3, 0.4) is 0 Å². The Morgan fingerprint density at radius 1 is 1.27 bits per heavy atom. The van der Waals surface area contributed by atoms with Crippen molar-refractivity contribution in [3.63, 3.8) is 0 Å². The van der Waals surface area contributed by atoms with Gasteiger partial charge in [-0.15, -0.1) is 0 Å². The van der Waals surface area contributed by atoms with E-state index in [-0.39, 0.29) is 6.04 Å². The second-order valence-electron chi connectivity index (χ2n) is 4.67. The van der Waals surface area contributed by atoms with Gasteiger partial charge in [-0.3, -0.25) is 0 Å². The van der Waals surface area contributed by atoms with Gasteiger partial charge in [-0.25, -0.2) is 4.98 Å². The van der Waals surface area contributed by atoms with Crippen molar-refractivity contribution in [2.24, 2.45) is 5.73 Å². The summed E-state index contributed by atoms with van der Waals surface area (Å²) >= 11 is 6.17. The zero-order chi connectivity index (χ0) is 10.4. The summed E-state index contributed by atoms with van der Waals surface area (Å²) in [6, 6.07) is 0.0903. The smallest absolute Gasteiger partial charge is 0.152 e. The maximum atomic E-state index is 6.17. The fourth-order valence-electron chi connectivity index (χ4n) is 2.63. The molecule has 1 fully saturated rings. The number of nitrogens with two attached hydrogens (primary N) is 1. The van der Waals surface area contributed by atoms with Gasteiger partial charge in [-0.05, 0) is 25.7 Å². The van der Waals surface area contributed by atoms with Crippen LogP contribution < -0.4 is 5.73 Å². The lowest BCUT2D eigenvalue weighted by molar-refractivity contribution is 0.367. The van der Waals surface area contributed by atoms with Crippen molar-refractivity contribution >= 4 is 11.6 Å². The summed E-state index contributed by atoms with van der Waals surface area (Å²) in [6.45, 7) is 1.05. The predicted octanol–water partition coefficient (Wildman–Crippen LogP) is 2.60. The van der Waals surface area contributed by atoms with Gasteiger partial charge in [0.05, 0.1) is 5.69 Å². The summed E-state index contributed by atoms with van der Waals surface area (Å²) in [4.78, 5) is 4.51. The van der Waals surface area contributed by atoms with Crippen LogP contribution in [0, 0.1) is 0 Å². The molecule has 4 heteroatoms. The Morgan fingerprint density at radius 2 is 2.07 bits per heavy atom. The quantitative estimate of drug-likeness (QED) is 0.799. The molecule has 2 N–H and O–H groups in total. The van der Waals surface area contributed by atoms with Crippen LogP contribution in [0.2, 0.25) is 5.15 Å². The molecule has 0 amide bonds. The zero-order valence-electron chi connectivity index (χ0n) is 8.75. The molecule has 0 saturated heterocycles. The van der Waals surface area contributed by atoms with Gasteiger partial charge in [0.2, 0.25) is 0 Å². The third kappa shape index (κ3) is 1.41. The van der Waals surface area contributed by atoms with Gasteiger partial charge in [0.1, 0.15) is 5.82 Å². The van der Waals surface area contributed by atoms with E-state index >= 15 is 0 Å². The summed E-state index contributed by atoms with van der Waals surface area (Å²) in [5.74, 6) is 1.83. The van der Waals surface area contributed by atoms with Crippen LogP contribution in [0.5, 0.6) is 0 Å². The molecule has 0 radical (unpaired) electrons. The molecule has 1 saturated carbocycles. The van der Waals surface area contributed by atoms with Crippen molar-refractivity contribution in [3.8, 4) is 0 Å². The molecule has 2 aliphatic rings. The molecular weight excluding hydrogens is 210 g/mol. The molecule has 1 aromatic rings. The molecule has 1 aromatic heterocycles. The lowest BCUT2D eigenvalue weighted by Crippen LogP contribution is -2.24. The molecule has 3 rings (SSSR count). The fraction of sp³-hybridized carbons (Fsp3) is 0.727. The van der Waals surface area contributed by atoms with Crippen molar-refractivity contribution in [3.05, 3.63) is 16.7 Å². The largest absolute Gasteiger partial charge is 0.329 e. The maximum absolute atomic E-state index is 6.17. The molecule has 1 aliphatic heterocycles. The van der Waals surface area contributed by atoms with Gasteiger partial charge >= 0.3 is 0 Å². The number of aromatic nitrogens is 2. The molecule has 0 aromatic carbocycles. The number of hydrogen-bond donors (Lipinski definition) is 1. The van der Waals surface area contributed by atoms with Crippen molar-refractivity contribution < 1.29 is 0 Å². The SMILES string of the molecule is NC1CCCn2c(C3CCC3)nc(Cl)c21. The molecule has 0 spiro atoms. The van der Waals surface area contributed by atoms with E-state index in [0.29, 0.717) is 11.1 Å². The standard InChI is InChI=1S/C11H16ClN3/c12-10-9-8(13)5-2-6-15(9)11(14-10)7-3-1-4-7/h7-8H,1-6,13H2. The minimum absolute atomic E-state index is 0.0903. The Morgan fingerprint density at radius 3 is 2.73 bits per heavy atom. The molecule has 1 unspecified atom stereocenters. The van der Waals surface area contributed by atoms with Crippen molar-refractivity contribution in [1.29, 1.82) is 0 Å². The highest BCUT2D eigenvalue weighted by Crippen LogP contribution is 2.40. The molecule has 15 heavy (non-hydrogen) atoms. The predicted molar refractivity (Wildman–Crippen MR) is 60.0 cm³/mol. The third-order valence-electron chi connectivity index (χ3n) is 3.71. The molecule has 3 nitrogen and oxygen atoms in total. The van der Waals surface area contributed by atoms with E-state index in [1.54, 1.807) is 0 Å². The number of nitrogens with zero attached hydrogens (tertiary/aromatic N) is 2. The molecule has 82 valence electrons. The van der Waals surface area contributed by atoms with E-state index in [1.807, 2.05) is 0 Å². The fourth-order valence-corrected chi connectivity index (χ4v) is 2.95. The molecule has 0 bridgehead atoms. The Labute approximate surface area is 94.6 Å². The van der Waals surface area contributed by atoms with E-state index < -0.39 is 0 Å². The van der Waals surface area contributed by atoms with E-state index in [4.69, 9.17) is 17.3 Å². The normalized spacial score (nSPS) is 26.1. The van der Waals surface area contributed by atoms with Gasteiger partial charge in [0.25, 0.3) is 0 Å². The lowest BCUT2D eigenvalue weighted by Gasteiger charge is -2.28. The second-order valence-corrected chi connectivity index (χ2v) is 5.03. The molecule has 1 atom stereocenters. The van der Waals surface area contributed by atoms with Crippen LogP contribution in [0.15, 0.2) is 0 Å². The van der Waals surface area contributed by atoms with Gasteiger partial charge in [-0.2, -0.15) is 0 Å². The van der Waals surface area contributed by atoms with Crippen LogP contribution in [0.4, 0.5) is 0 Å². The minimum atomic E-state index is 0.0903. The van der Waals surface area contributed by atoms with Gasteiger partial charge in [-0.1, -0.05) is 18.0 Å². The van der Waals surface area contributed by atoms with Crippen molar-refractivity contribution in [2.75, 3.05) is 0 Å². The highest BCUT2D eigenvalue weighted by Gasteiger charge is 2.30. The average Bonchev–Trinajstić information content (AvgIpc) is 2.43. The molecule has 1 aliphatic carbocycles. The maximum Gasteiger partial charge on any atom is 0.152 e. The van der Waals surface area contributed by atoms with E-state index in [9.17, 15) is 0 Å². The van der Waals surface area contributed by atoms with Crippen molar-refractivity contribution in [1.82, 2.24) is 9.55 Å². The van der Waals surface area contributed by atoms with Crippen LogP contribution in [-0.4, -0.2) is 9.55 Å². The Kier molecular flexibility index (Phi) is 2.25. The Bertz CT molecular complexity index is 381. The Balaban J connectivity index is 2.05. The van der Waals surface area contributed by atoms with E-state index in [1.165, 1.54) is 25.1 Å². The van der Waals surface area contributed by atoms with Crippen LogP contribution in [0.25, 0.3) is 0 Å². The van der Waals surface area contributed by atoms with Crippen molar-refractivity contribution in [2.45, 2.75) is 50.6 Å². The van der Waals surface area contributed by atoms with E-state index in [2.05, 4.69) is 9.55 Å². The first-order valence-electron chi connectivity index (χ1n) is 5.79. The number of halogens is 1. The highest BCUT2D eigenvalue weighted by molar-refractivity contribution is 6.30. The third-order valence-corrected chi connectivity index (χ3v) is 3.99. The lowest BCUT2D eigenvalue weighted by atomic mass is 9.84. The van der Waals surface area contributed by atoms with Crippen LogP contribution in [-0.2, 0) is 6.54 Å². The summed E-state index contributed by atoms with van der Waals surface area (Å²) in [6.07, 6.45) is 6.05. The topological polar surface area (TPSA) is 43.8 Å². The number of hydrogen-bond acceptors (Lipinski definition) is 2. The number of rotatable bonds is 1. The summed E-state index contributed by atoms with van der Waals surface area (Å²) in [7, 11) is 0. The number of fused-ring (bicyclic) bond motifs is 1. The first-order valence-corrected chi connectivity index (χ1v) is 6.16. The van der Waals surface area contributed by atoms with Crippen LogP contribution in [0.1, 0.15) is 55.6 Å². The molecular formula is C11H16ClN3. The zero-order valence-corrected chi connectivity index (χ0v) is 9.50. The number of imidazole rings is 1. The second kappa shape index (κ2) is 3.49. The van der Waals surface area contributed by atoms with Gasteiger partial charge < -0.3 is 10.3 Å². The first-order chi connectivity index (χ1) is 7.27. The highest BCUT2D eigenvalue weighted by atomic mass is 35.5. The monoisotopic (exact) mass is 225 g/mol. The average molecular weight is 226 g/mol. The minimum Gasteiger partial charge on any atom is -0.329 e. The Hall–Kier alpha value is -0.540. The van der Waals surface area contributed by atoms with Crippen LogP contribution >= 0.6 is 11.6 Å². The van der Waals surface area contributed by atoms with E-state index in [0.717, 1.165) is 25.1 Å². The summed E-state index contributed by atoms with van der Waals surface area (Å²) in [5, 5.41) is 0.643. The summed E-state index contributed by atoms with van der Waals surface area (Å²) < 4.78 is 2.28. The summed E-state index contributed by atoms with van der Waals surface area (Å²) in [5.41, 5.74) is 7.15. The van der Waals surface area contributed by atoms with Gasteiger partial charge in [0, 0.05) is 18.5 Å². The van der Waals surface area contributed by atoms with Gasteiger partial charge in [0.15, 0.2) is 5.15 Å². The molecule has 2 heterocycles.